The van der Waals surface area contributed by atoms with E-state index in [2.05, 4.69) is 9.84 Å². The van der Waals surface area contributed by atoms with Crippen LogP contribution in [0.15, 0.2) is 23.3 Å². The summed E-state index contributed by atoms with van der Waals surface area (Å²) >= 11 is 1.22. The fourth-order valence-electron chi connectivity index (χ4n) is 2.45. The molecule has 0 bridgehead atoms. The Hall–Kier alpha value is -1.87. The summed E-state index contributed by atoms with van der Waals surface area (Å²) in [6.07, 6.45) is 0.717. The van der Waals surface area contributed by atoms with E-state index in [0.29, 0.717) is 25.1 Å². The first-order valence-corrected chi connectivity index (χ1v) is 9.08. The van der Waals surface area contributed by atoms with E-state index in [-0.39, 0.29) is 22.0 Å². The van der Waals surface area contributed by atoms with Crippen molar-refractivity contribution in [2.24, 2.45) is 5.10 Å². The zero-order chi connectivity index (χ0) is 19.3. The van der Waals surface area contributed by atoms with Crippen molar-refractivity contribution in [3.63, 3.8) is 0 Å². The van der Waals surface area contributed by atoms with Gasteiger partial charge in [0, 0.05) is 12.1 Å². The summed E-state index contributed by atoms with van der Waals surface area (Å²) in [5, 5.41) is 5.78. The number of carbonyl (C=O) groups is 1. The van der Waals surface area contributed by atoms with Crippen LogP contribution in [0.25, 0.3) is 0 Å². The SMILES string of the molecule is CCC1SC(=O)N(CCN(C)C)N=C1c1ccc(OC(F)F)c(OC)c1. The number of carbonyl (C=O) groups excluding carboxylic acids is 1. The molecule has 0 radical (unpaired) electrons. The number of benzene rings is 1. The van der Waals surface area contributed by atoms with Gasteiger partial charge in [0.1, 0.15) is 0 Å². The van der Waals surface area contributed by atoms with Crippen LogP contribution >= 0.6 is 11.8 Å². The Balaban J connectivity index is 2.35. The number of likely N-dealkylation sites (N-methyl/N-ethyl adjacent to an activating group) is 1. The minimum Gasteiger partial charge on any atom is -0.493 e. The number of rotatable bonds is 8. The normalized spacial score (nSPS) is 17.7. The van der Waals surface area contributed by atoms with Gasteiger partial charge in [-0.2, -0.15) is 13.9 Å². The van der Waals surface area contributed by atoms with E-state index in [0.717, 1.165) is 5.71 Å². The molecule has 2 rings (SSSR count). The van der Waals surface area contributed by atoms with Gasteiger partial charge in [-0.1, -0.05) is 18.7 Å². The number of hydrogen-bond donors (Lipinski definition) is 0. The third-order valence-corrected chi connectivity index (χ3v) is 5.05. The van der Waals surface area contributed by atoms with Gasteiger partial charge in [0.15, 0.2) is 11.5 Å². The topological polar surface area (TPSA) is 54.4 Å². The maximum Gasteiger partial charge on any atom is 0.387 e. The van der Waals surface area contributed by atoms with Crippen molar-refractivity contribution in [3.05, 3.63) is 23.8 Å². The molecule has 0 saturated carbocycles. The Morgan fingerprint density at radius 1 is 1.35 bits per heavy atom. The first-order valence-electron chi connectivity index (χ1n) is 8.20. The second-order valence-electron chi connectivity index (χ2n) is 5.94. The minimum absolute atomic E-state index is 0.0381. The Bertz CT molecular complexity index is 671. The lowest BCUT2D eigenvalue weighted by molar-refractivity contribution is -0.0512. The molecule has 0 aromatic heterocycles. The molecule has 1 unspecified atom stereocenters. The molecule has 6 nitrogen and oxygen atoms in total. The molecule has 1 atom stereocenters. The van der Waals surface area contributed by atoms with Crippen LogP contribution < -0.4 is 9.47 Å². The van der Waals surface area contributed by atoms with Crippen LogP contribution in [0.1, 0.15) is 18.9 Å². The highest BCUT2D eigenvalue weighted by Crippen LogP contribution is 2.33. The highest BCUT2D eigenvalue weighted by atomic mass is 32.2. The molecule has 26 heavy (non-hydrogen) atoms. The van der Waals surface area contributed by atoms with Gasteiger partial charge in [0.25, 0.3) is 0 Å². The number of amides is 1. The number of nitrogens with zero attached hydrogens (tertiary/aromatic N) is 3. The predicted molar refractivity (Wildman–Crippen MR) is 98.5 cm³/mol. The van der Waals surface area contributed by atoms with E-state index in [4.69, 9.17) is 4.74 Å². The van der Waals surface area contributed by atoms with Crippen LogP contribution in [0, 0.1) is 0 Å². The van der Waals surface area contributed by atoms with Gasteiger partial charge in [0.05, 0.1) is 24.6 Å². The van der Waals surface area contributed by atoms with Crippen molar-refractivity contribution in [3.8, 4) is 11.5 Å². The minimum atomic E-state index is -2.93. The summed E-state index contributed by atoms with van der Waals surface area (Å²) in [5.41, 5.74) is 1.43. The number of hydrogen-bond acceptors (Lipinski definition) is 6. The van der Waals surface area contributed by atoms with Crippen molar-refractivity contribution < 1.29 is 23.0 Å². The zero-order valence-corrected chi connectivity index (χ0v) is 16.1. The number of hydrazone groups is 1. The number of ether oxygens (including phenoxy) is 2. The lowest BCUT2D eigenvalue weighted by Crippen LogP contribution is -2.38. The van der Waals surface area contributed by atoms with Gasteiger partial charge in [-0.15, -0.1) is 0 Å². The molecule has 0 fully saturated rings. The molecule has 1 aromatic carbocycles. The molecule has 1 aliphatic rings. The monoisotopic (exact) mass is 387 g/mol. The van der Waals surface area contributed by atoms with Crippen LogP contribution in [0.3, 0.4) is 0 Å². The summed E-state index contributed by atoms with van der Waals surface area (Å²) in [6, 6.07) is 4.70. The Labute approximate surface area is 156 Å². The second kappa shape index (κ2) is 9.18. The largest absolute Gasteiger partial charge is 0.493 e. The summed E-state index contributed by atoms with van der Waals surface area (Å²) < 4.78 is 34.6. The molecule has 144 valence electrons. The first-order chi connectivity index (χ1) is 12.3. The molecule has 0 aliphatic carbocycles. The lowest BCUT2D eigenvalue weighted by atomic mass is 10.0. The van der Waals surface area contributed by atoms with Crippen molar-refractivity contribution >= 4 is 22.7 Å². The average molecular weight is 387 g/mol. The molecule has 9 heteroatoms. The molecular formula is C17H23F2N3O3S. The molecule has 0 spiro atoms. The molecule has 1 aliphatic heterocycles. The highest BCUT2D eigenvalue weighted by Gasteiger charge is 2.30. The van der Waals surface area contributed by atoms with E-state index >= 15 is 0 Å². The van der Waals surface area contributed by atoms with Crippen LogP contribution in [0.2, 0.25) is 0 Å². The van der Waals surface area contributed by atoms with E-state index in [9.17, 15) is 13.6 Å². The van der Waals surface area contributed by atoms with Crippen molar-refractivity contribution in [2.45, 2.75) is 25.2 Å². The van der Waals surface area contributed by atoms with Gasteiger partial charge < -0.3 is 14.4 Å². The maximum absolute atomic E-state index is 12.5. The van der Waals surface area contributed by atoms with Crippen molar-refractivity contribution in [2.75, 3.05) is 34.3 Å². The highest BCUT2D eigenvalue weighted by molar-refractivity contribution is 8.14. The summed E-state index contributed by atoms with van der Waals surface area (Å²) in [5.74, 6) is 0.158. The third kappa shape index (κ3) is 5.07. The van der Waals surface area contributed by atoms with Crippen LogP contribution in [0.4, 0.5) is 13.6 Å². The molecule has 1 aromatic rings. The lowest BCUT2D eigenvalue weighted by Gasteiger charge is -2.29. The summed E-state index contributed by atoms with van der Waals surface area (Å²) in [4.78, 5) is 14.3. The summed E-state index contributed by atoms with van der Waals surface area (Å²) in [7, 11) is 5.24. The number of halogens is 2. The molecule has 1 heterocycles. The predicted octanol–water partition coefficient (Wildman–Crippen LogP) is 3.51. The van der Waals surface area contributed by atoms with E-state index < -0.39 is 6.61 Å². The second-order valence-corrected chi connectivity index (χ2v) is 7.09. The van der Waals surface area contributed by atoms with Gasteiger partial charge in [-0.3, -0.25) is 4.79 Å². The molecule has 0 N–H and O–H groups in total. The van der Waals surface area contributed by atoms with Gasteiger partial charge in [0.2, 0.25) is 0 Å². The van der Waals surface area contributed by atoms with E-state index in [1.807, 2.05) is 25.9 Å². The molecule has 1 amide bonds. The Morgan fingerprint density at radius 2 is 2.08 bits per heavy atom. The zero-order valence-electron chi connectivity index (χ0n) is 15.2. The van der Waals surface area contributed by atoms with E-state index in [1.165, 1.54) is 29.9 Å². The maximum atomic E-state index is 12.5. The standard InChI is InChI=1S/C17H23F2N3O3S/c1-5-14-15(20-22(17(23)26-14)9-8-21(2)3)11-6-7-12(25-16(18)19)13(10-11)24-4/h6-7,10,14,16H,5,8-9H2,1-4H3. The van der Waals surface area contributed by atoms with Crippen LogP contribution in [-0.2, 0) is 0 Å². The first kappa shape index (κ1) is 20.4. The van der Waals surface area contributed by atoms with Crippen molar-refractivity contribution in [1.82, 2.24) is 9.91 Å². The fourth-order valence-corrected chi connectivity index (χ4v) is 3.41. The molecule has 0 saturated heterocycles. The smallest absolute Gasteiger partial charge is 0.387 e. The number of thioether (sulfide) groups is 1. The molecular weight excluding hydrogens is 364 g/mol. The van der Waals surface area contributed by atoms with Gasteiger partial charge >= 0.3 is 11.9 Å². The average Bonchev–Trinajstić information content (AvgIpc) is 2.60. The van der Waals surface area contributed by atoms with Crippen molar-refractivity contribution in [1.29, 1.82) is 0 Å². The quantitative estimate of drug-likeness (QED) is 0.683. The fraction of sp³-hybridized carbons (Fsp3) is 0.529. The number of alkyl halides is 2. The van der Waals surface area contributed by atoms with Gasteiger partial charge in [-0.05, 0) is 38.7 Å². The van der Waals surface area contributed by atoms with Crippen LogP contribution in [-0.4, -0.2) is 67.0 Å². The Kier molecular flexibility index (Phi) is 7.22. The van der Waals surface area contributed by atoms with Gasteiger partial charge in [-0.25, -0.2) is 5.01 Å². The Morgan fingerprint density at radius 3 is 2.65 bits per heavy atom. The van der Waals surface area contributed by atoms with E-state index in [1.54, 1.807) is 12.1 Å². The van der Waals surface area contributed by atoms with Crippen LogP contribution in [0.5, 0.6) is 11.5 Å². The number of methoxy groups -OCH3 is 1. The summed E-state index contributed by atoms with van der Waals surface area (Å²) in [6.45, 7) is 0.203. The third-order valence-electron chi connectivity index (χ3n) is 3.79.